The first kappa shape index (κ1) is 41.5. The van der Waals surface area contributed by atoms with Gasteiger partial charge >= 0.3 is 0 Å². The number of nitrogens with zero attached hydrogens (tertiary/aromatic N) is 5. The molecule has 0 amide bonds. The molecule has 10 aromatic rings. The van der Waals surface area contributed by atoms with Crippen LogP contribution in [0.5, 0.6) is 0 Å². The fourth-order valence-corrected chi connectivity index (χ4v) is 11.7. The maximum Gasteiger partial charge on any atom is 0.252 e. The van der Waals surface area contributed by atoms with Gasteiger partial charge < -0.3 is 24.2 Å². The van der Waals surface area contributed by atoms with Crippen molar-refractivity contribution in [1.82, 2.24) is 4.57 Å². The maximum atomic E-state index is 2.60. The molecule has 3 heterocycles. The number of benzene rings is 9. The number of aromatic nitrogens is 1. The van der Waals surface area contributed by atoms with Crippen molar-refractivity contribution in [3.63, 3.8) is 0 Å². The third-order valence-corrected chi connectivity index (χ3v) is 13.8. The van der Waals surface area contributed by atoms with Crippen LogP contribution in [-0.2, 0) is 0 Å². The molecule has 6 heteroatoms. The van der Waals surface area contributed by atoms with Crippen molar-refractivity contribution in [3.05, 3.63) is 218 Å². The SMILES string of the molecule is CC(C)(C)N(c1cc2c3c(c1)N(c1ccccc1)c1cc(N(c4ccccc4)c4ccc5c(c4)c4ccccc4n5-c4ccccc4)ccc1B3c1ccccc1N2c1ccccc1)C(C)(C)C. The highest BCUT2D eigenvalue weighted by atomic mass is 15.3. The van der Waals surface area contributed by atoms with E-state index in [2.05, 4.69) is 284 Å². The maximum absolute atomic E-state index is 2.60. The zero-order valence-electron chi connectivity index (χ0n) is 39.6. The Morgan fingerprint density at radius 3 is 1.46 bits per heavy atom. The summed E-state index contributed by atoms with van der Waals surface area (Å²) in [7, 11) is 0. The lowest BCUT2D eigenvalue weighted by Crippen LogP contribution is -2.61. The number of rotatable bonds is 7. The van der Waals surface area contributed by atoms with Crippen LogP contribution in [-0.4, -0.2) is 22.4 Å². The Labute approximate surface area is 400 Å². The molecule has 0 unspecified atom stereocenters. The van der Waals surface area contributed by atoms with Gasteiger partial charge in [0.2, 0.25) is 0 Å². The molecule has 0 bridgehead atoms. The van der Waals surface area contributed by atoms with Crippen molar-refractivity contribution in [2.75, 3.05) is 19.6 Å². The Hall–Kier alpha value is -7.96. The van der Waals surface area contributed by atoms with Crippen molar-refractivity contribution in [1.29, 1.82) is 0 Å². The van der Waals surface area contributed by atoms with E-state index in [-0.39, 0.29) is 17.8 Å². The molecule has 0 atom stereocenters. The quantitative estimate of drug-likeness (QED) is 0.148. The van der Waals surface area contributed by atoms with E-state index in [9.17, 15) is 0 Å². The van der Waals surface area contributed by atoms with Crippen molar-refractivity contribution in [3.8, 4) is 5.69 Å². The summed E-state index contributed by atoms with van der Waals surface area (Å²) in [5.74, 6) is 0. The molecule has 9 aromatic carbocycles. The molecule has 2 aliphatic rings. The third-order valence-electron chi connectivity index (χ3n) is 13.8. The Morgan fingerprint density at radius 2 is 0.824 bits per heavy atom. The first-order valence-electron chi connectivity index (χ1n) is 23.9. The minimum Gasteiger partial charge on any atom is -0.362 e. The molecule has 2 aliphatic heterocycles. The lowest BCUT2D eigenvalue weighted by atomic mass is 9.33. The van der Waals surface area contributed by atoms with Gasteiger partial charge in [-0.2, -0.15) is 0 Å². The van der Waals surface area contributed by atoms with Crippen LogP contribution >= 0.6 is 0 Å². The lowest BCUT2D eigenvalue weighted by molar-refractivity contribution is 0.381. The van der Waals surface area contributed by atoms with Crippen molar-refractivity contribution < 1.29 is 0 Å². The molecule has 0 radical (unpaired) electrons. The van der Waals surface area contributed by atoms with Crippen LogP contribution in [0.4, 0.5) is 56.9 Å². The average Bonchev–Trinajstić information content (AvgIpc) is 3.68. The third kappa shape index (κ3) is 6.69. The molecule has 68 heavy (non-hydrogen) atoms. The van der Waals surface area contributed by atoms with E-state index in [0.717, 1.165) is 39.8 Å². The second-order valence-corrected chi connectivity index (χ2v) is 20.2. The predicted molar refractivity (Wildman–Crippen MR) is 291 cm³/mol. The summed E-state index contributed by atoms with van der Waals surface area (Å²) in [6.07, 6.45) is 0. The molecular formula is C62H54BN5. The van der Waals surface area contributed by atoms with E-state index in [0.29, 0.717) is 0 Å². The number of para-hydroxylation sites is 6. The topological polar surface area (TPSA) is 17.9 Å². The summed E-state index contributed by atoms with van der Waals surface area (Å²) >= 11 is 0. The van der Waals surface area contributed by atoms with Crippen molar-refractivity contribution in [2.45, 2.75) is 52.6 Å². The Kier molecular flexibility index (Phi) is 9.66. The summed E-state index contributed by atoms with van der Waals surface area (Å²) < 4.78 is 2.39. The van der Waals surface area contributed by atoms with Gasteiger partial charge in [0, 0.05) is 84.4 Å². The van der Waals surface area contributed by atoms with Gasteiger partial charge in [-0.1, -0.05) is 115 Å². The van der Waals surface area contributed by atoms with Gasteiger partial charge in [-0.15, -0.1) is 0 Å². The van der Waals surface area contributed by atoms with Crippen LogP contribution in [0.1, 0.15) is 41.5 Å². The molecule has 0 spiro atoms. The Morgan fingerprint density at radius 1 is 0.353 bits per heavy atom. The summed E-state index contributed by atoms with van der Waals surface area (Å²) in [4.78, 5) is 10.1. The first-order valence-corrected chi connectivity index (χ1v) is 23.9. The minimum atomic E-state index is -0.176. The number of anilines is 10. The fraction of sp³-hybridized carbons (Fsp3) is 0.129. The number of fused-ring (bicyclic) bond motifs is 7. The summed E-state index contributed by atoms with van der Waals surface area (Å²) in [5.41, 5.74) is 18.5. The molecule has 330 valence electrons. The summed E-state index contributed by atoms with van der Waals surface area (Å²) in [6, 6.07) is 80.4. The molecule has 12 rings (SSSR count). The van der Waals surface area contributed by atoms with Gasteiger partial charge in [-0.05, 0) is 161 Å². The van der Waals surface area contributed by atoms with Gasteiger partial charge in [-0.3, -0.25) is 0 Å². The second kappa shape index (κ2) is 15.8. The largest absolute Gasteiger partial charge is 0.362 e. The molecule has 0 saturated heterocycles. The van der Waals surface area contributed by atoms with Gasteiger partial charge in [-0.25, -0.2) is 0 Å². The summed E-state index contributed by atoms with van der Waals surface area (Å²) in [6.45, 7) is 14.0. The van der Waals surface area contributed by atoms with Gasteiger partial charge in [0.15, 0.2) is 0 Å². The normalized spacial score (nSPS) is 13.1. The minimum absolute atomic E-state index is 0.0161. The highest BCUT2D eigenvalue weighted by Gasteiger charge is 2.45. The van der Waals surface area contributed by atoms with E-state index in [1.54, 1.807) is 0 Å². The fourth-order valence-electron chi connectivity index (χ4n) is 11.7. The average molecular weight is 880 g/mol. The zero-order chi connectivity index (χ0) is 46.3. The van der Waals surface area contributed by atoms with E-state index < -0.39 is 0 Å². The van der Waals surface area contributed by atoms with Crippen molar-refractivity contribution in [2.24, 2.45) is 0 Å². The first-order chi connectivity index (χ1) is 33.0. The van der Waals surface area contributed by atoms with Crippen LogP contribution in [0.3, 0.4) is 0 Å². The van der Waals surface area contributed by atoms with Crippen LogP contribution < -0.4 is 36.0 Å². The molecule has 1 aromatic heterocycles. The number of hydrogen-bond acceptors (Lipinski definition) is 4. The predicted octanol–water partition coefficient (Wildman–Crippen LogP) is 14.7. The van der Waals surface area contributed by atoms with E-state index in [1.807, 2.05) is 0 Å². The molecule has 0 aliphatic carbocycles. The van der Waals surface area contributed by atoms with Gasteiger partial charge in [0.05, 0.1) is 11.0 Å². The highest BCUT2D eigenvalue weighted by molar-refractivity contribution is 7.00. The zero-order valence-corrected chi connectivity index (χ0v) is 39.6. The monoisotopic (exact) mass is 879 g/mol. The molecule has 5 nitrogen and oxygen atoms in total. The standard InChI is InChI=1S/C62H54BN5/c1-61(2,3)68(62(4,5)6)49-41-58-60-59(42-49)67(46-29-17-10-18-30-46)57-40-48(35-37-53(57)63(60)52-32-20-22-34-56(52)66(58)45-27-15-9-16-28-45)64(43-23-11-7-12-24-43)47-36-38-55-51(39-47)50-31-19-21-33-54(50)65(55)44-25-13-8-14-26-44/h7-42H,1-6H3. The summed E-state index contributed by atoms with van der Waals surface area (Å²) in [5, 5.41) is 2.44. The van der Waals surface area contributed by atoms with Gasteiger partial charge in [0.1, 0.15) is 0 Å². The van der Waals surface area contributed by atoms with Crippen LogP contribution in [0.2, 0.25) is 0 Å². The van der Waals surface area contributed by atoms with Crippen LogP contribution in [0.15, 0.2) is 218 Å². The van der Waals surface area contributed by atoms with E-state index in [4.69, 9.17) is 0 Å². The Bertz CT molecular complexity index is 3490. The lowest BCUT2D eigenvalue weighted by Gasteiger charge is -2.50. The van der Waals surface area contributed by atoms with Crippen LogP contribution in [0.25, 0.3) is 27.5 Å². The van der Waals surface area contributed by atoms with Gasteiger partial charge in [0.25, 0.3) is 6.71 Å². The van der Waals surface area contributed by atoms with Crippen LogP contribution in [0, 0.1) is 0 Å². The molecular weight excluding hydrogens is 826 g/mol. The molecule has 0 saturated carbocycles. The molecule has 0 N–H and O–H groups in total. The smallest absolute Gasteiger partial charge is 0.252 e. The second-order valence-electron chi connectivity index (χ2n) is 20.2. The highest BCUT2D eigenvalue weighted by Crippen LogP contribution is 2.49. The van der Waals surface area contributed by atoms with E-state index >= 15 is 0 Å². The number of hydrogen-bond donors (Lipinski definition) is 0. The van der Waals surface area contributed by atoms with Crippen molar-refractivity contribution >= 4 is 102 Å². The molecule has 0 fully saturated rings. The van der Waals surface area contributed by atoms with E-state index in [1.165, 1.54) is 60.9 Å². The Balaban J connectivity index is 1.13.